The van der Waals surface area contributed by atoms with Crippen molar-refractivity contribution in [3.63, 3.8) is 0 Å². The van der Waals surface area contributed by atoms with Gasteiger partial charge in [-0.05, 0) is 56.4 Å². The third kappa shape index (κ3) is 3.50. The fraction of sp³-hybridized carbons (Fsp3) is 0.500. The standard InChI is InChI=1S/C18H24O2/c1-3-4-17(18(19)20)16-11-9-15(10-12-16)14-7-5-13(2)6-8-14/h3,5-8,15-17H,1,4,9-12H2,2H3,(H,19,20). The van der Waals surface area contributed by atoms with Crippen molar-refractivity contribution in [2.75, 3.05) is 0 Å². The molecule has 1 fully saturated rings. The highest BCUT2D eigenvalue weighted by Crippen LogP contribution is 2.39. The van der Waals surface area contributed by atoms with Gasteiger partial charge in [0.1, 0.15) is 0 Å². The molecule has 0 aromatic heterocycles. The van der Waals surface area contributed by atoms with E-state index in [0.29, 0.717) is 18.3 Å². The molecule has 0 radical (unpaired) electrons. The first kappa shape index (κ1) is 14.8. The fourth-order valence-corrected chi connectivity index (χ4v) is 3.37. The van der Waals surface area contributed by atoms with E-state index >= 15 is 0 Å². The van der Waals surface area contributed by atoms with E-state index in [9.17, 15) is 9.90 Å². The van der Waals surface area contributed by atoms with Gasteiger partial charge in [0.25, 0.3) is 0 Å². The van der Waals surface area contributed by atoms with Crippen molar-refractivity contribution in [3.8, 4) is 0 Å². The number of hydrogen-bond acceptors (Lipinski definition) is 1. The third-order valence-electron chi connectivity index (χ3n) is 4.63. The van der Waals surface area contributed by atoms with Crippen LogP contribution < -0.4 is 0 Å². The van der Waals surface area contributed by atoms with Crippen LogP contribution in [0.5, 0.6) is 0 Å². The summed E-state index contributed by atoms with van der Waals surface area (Å²) in [5.41, 5.74) is 2.70. The second kappa shape index (κ2) is 6.74. The van der Waals surface area contributed by atoms with Crippen LogP contribution in [0.1, 0.15) is 49.1 Å². The minimum atomic E-state index is -0.663. The molecule has 1 unspecified atom stereocenters. The van der Waals surface area contributed by atoms with Gasteiger partial charge in [-0.15, -0.1) is 6.58 Å². The molecular formula is C18H24O2. The summed E-state index contributed by atoms with van der Waals surface area (Å²) >= 11 is 0. The smallest absolute Gasteiger partial charge is 0.307 e. The zero-order chi connectivity index (χ0) is 14.5. The second-order valence-electron chi connectivity index (χ2n) is 5.99. The van der Waals surface area contributed by atoms with E-state index in [4.69, 9.17) is 0 Å². The molecule has 0 aliphatic heterocycles. The zero-order valence-corrected chi connectivity index (χ0v) is 12.2. The molecule has 108 valence electrons. The van der Waals surface area contributed by atoms with Crippen LogP contribution in [0, 0.1) is 18.8 Å². The van der Waals surface area contributed by atoms with Gasteiger partial charge in [0.2, 0.25) is 0 Å². The van der Waals surface area contributed by atoms with E-state index in [1.165, 1.54) is 11.1 Å². The van der Waals surface area contributed by atoms with Crippen molar-refractivity contribution in [1.29, 1.82) is 0 Å². The van der Waals surface area contributed by atoms with E-state index in [-0.39, 0.29) is 5.92 Å². The molecule has 0 saturated heterocycles. The lowest BCUT2D eigenvalue weighted by Crippen LogP contribution is -2.26. The number of allylic oxidation sites excluding steroid dienone is 1. The van der Waals surface area contributed by atoms with E-state index in [2.05, 4.69) is 37.8 Å². The lowest BCUT2D eigenvalue weighted by molar-refractivity contribution is -0.144. The molecule has 2 rings (SSSR count). The Labute approximate surface area is 121 Å². The SMILES string of the molecule is C=CCC(C(=O)O)C1CCC(c2ccc(C)cc2)CC1. The first-order chi connectivity index (χ1) is 9.61. The highest BCUT2D eigenvalue weighted by molar-refractivity contribution is 5.70. The number of carboxylic acids is 1. The third-order valence-corrected chi connectivity index (χ3v) is 4.63. The maximum Gasteiger partial charge on any atom is 0.307 e. The van der Waals surface area contributed by atoms with Gasteiger partial charge in [0, 0.05) is 0 Å². The maximum absolute atomic E-state index is 11.3. The highest BCUT2D eigenvalue weighted by Gasteiger charge is 2.31. The molecule has 1 aromatic carbocycles. The van der Waals surface area contributed by atoms with Crippen molar-refractivity contribution in [2.45, 2.75) is 44.9 Å². The molecule has 1 atom stereocenters. The van der Waals surface area contributed by atoms with Gasteiger partial charge >= 0.3 is 5.97 Å². The molecule has 0 bridgehead atoms. The highest BCUT2D eigenvalue weighted by atomic mass is 16.4. The van der Waals surface area contributed by atoms with E-state index in [0.717, 1.165) is 25.7 Å². The number of carboxylic acid groups (broad SMARTS) is 1. The summed E-state index contributed by atoms with van der Waals surface area (Å²) in [4.78, 5) is 11.3. The van der Waals surface area contributed by atoms with Crippen molar-refractivity contribution >= 4 is 5.97 Å². The number of aliphatic carboxylic acids is 1. The summed E-state index contributed by atoms with van der Waals surface area (Å²) in [5, 5.41) is 9.32. The number of rotatable bonds is 5. The Balaban J connectivity index is 1.96. The maximum atomic E-state index is 11.3. The summed E-state index contributed by atoms with van der Waals surface area (Å²) in [6, 6.07) is 8.77. The molecule has 2 heteroatoms. The number of hydrogen-bond donors (Lipinski definition) is 1. The van der Waals surface area contributed by atoms with Crippen molar-refractivity contribution < 1.29 is 9.90 Å². The molecule has 1 aliphatic rings. The summed E-state index contributed by atoms with van der Waals surface area (Å²) in [6.45, 7) is 5.79. The quantitative estimate of drug-likeness (QED) is 0.799. The number of benzene rings is 1. The van der Waals surface area contributed by atoms with Crippen LogP contribution in [0.15, 0.2) is 36.9 Å². The molecule has 2 nitrogen and oxygen atoms in total. The van der Waals surface area contributed by atoms with Gasteiger partial charge in [-0.1, -0.05) is 35.9 Å². The van der Waals surface area contributed by atoms with Gasteiger partial charge in [0.05, 0.1) is 5.92 Å². The Morgan fingerprint density at radius 1 is 1.30 bits per heavy atom. The van der Waals surface area contributed by atoms with Crippen LogP contribution in [-0.2, 0) is 4.79 Å². The second-order valence-corrected chi connectivity index (χ2v) is 5.99. The molecular weight excluding hydrogens is 248 g/mol. The lowest BCUT2D eigenvalue weighted by Gasteiger charge is -2.32. The zero-order valence-electron chi connectivity index (χ0n) is 12.2. The molecule has 1 saturated carbocycles. The topological polar surface area (TPSA) is 37.3 Å². The predicted molar refractivity (Wildman–Crippen MR) is 81.8 cm³/mol. The molecule has 1 N–H and O–H groups in total. The predicted octanol–water partition coefficient (Wildman–Crippen LogP) is 4.55. The van der Waals surface area contributed by atoms with E-state index < -0.39 is 5.97 Å². The fourth-order valence-electron chi connectivity index (χ4n) is 3.37. The van der Waals surface area contributed by atoms with Crippen LogP contribution in [0.3, 0.4) is 0 Å². The van der Waals surface area contributed by atoms with Crippen molar-refractivity contribution in [1.82, 2.24) is 0 Å². The molecule has 0 spiro atoms. The summed E-state index contributed by atoms with van der Waals surface area (Å²) in [6.07, 6.45) is 6.58. The van der Waals surface area contributed by atoms with E-state index in [1.807, 2.05) is 0 Å². The number of aryl methyl sites for hydroxylation is 1. The normalized spacial score (nSPS) is 24.1. The average molecular weight is 272 g/mol. The van der Waals surface area contributed by atoms with Gasteiger partial charge in [0.15, 0.2) is 0 Å². The molecule has 1 aromatic rings. The average Bonchev–Trinajstić information content (AvgIpc) is 2.45. The largest absolute Gasteiger partial charge is 0.481 e. The van der Waals surface area contributed by atoms with Gasteiger partial charge < -0.3 is 5.11 Å². The first-order valence-electron chi connectivity index (χ1n) is 7.52. The number of carbonyl (C=O) groups is 1. The Kier molecular flexibility index (Phi) is 4.99. The van der Waals surface area contributed by atoms with Crippen LogP contribution in [0.25, 0.3) is 0 Å². The molecule has 1 aliphatic carbocycles. The van der Waals surface area contributed by atoms with Crippen LogP contribution in [0.2, 0.25) is 0 Å². The van der Waals surface area contributed by atoms with Crippen LogP contribution >= 0.6 is 0 Å². The minimum absolute atomic E-state index is 0.244. The Bertz CT molecular complexity index is 453. The van der Waals surface area contributed by atoms with Gasteiger partial charge in [-0.25, -0.2) is 0 Å². The van der Waals surface area contributed by atoms with Crippen molar-refractivity contribution in [3.05, 3.63) is 48.0 Å². The van der Waals surface area contributed by atoms with Gasteiger partial charge in [-0.2, -0.15) is 0 Å². The summed E-state index contributed by atoms with van der Waals surface area (Å²) in [7, 11) is 0. The molecule has 20 heavy (non-hydrogen) atoms. The Morgan fingerprint density at radius 2 is 1.90 bits per heavy atom. The molecule has 0 amide bonds. The summed E-state index contributed by atoms with van der Waals surface area (Å²) in [5.74, 6) is 0.00683. The summed E-state index contributed by atoms with van der Waals surface area (Å²) < 4.78 is 0. The van der Waals surface area contributed by atoms with Crippen LogP contribution in [-0.4, -0.2) is 11.1 Å². The van der Waals surface area contributed by atoms with Crippen LogP contribution in [0.4, 0.5) is 0 Å². The van der Waals surface area contributed by atoms with Gasteiger partial charge in [-0.3, -0.25) is 4.79 Å². The molecule has 0 heterocycles. The Hall–Kier alpha value is -1.57. The monoisotopic (exact) mass is 272 g/mol. The Morgan fingerprint density at radius 3 is 2.40 bits per heavy atom. The first-order valence-corrected chi connectivity index (χ1v) is 7.52. The lowest BCUT2D eigenvalue weighted by atomic mass is 9.73. The minimum Gasteiger partial charge on any atom is -0.481 e. The van der Waals surface area contributed by atoms with E-state index in [1.54, 1.807) is 6.08 Å². The van der Waals surface area contributed by atoms with Crippen molar-refractivity contribution in [2.24, 2.45) is 11.8 Å².